The van der Waals surface area contributed by atoms with Crippen molar-refractivity contribution in [2.75, 3.05) is 0 Å². The number of hydrogen-bond acceptors (Lipinski definition) is 4. The molecule has 0 amide bonds. The Balaban J connectivity index is 2.07. The highest BCUT2D eigenvalue weighted by atomic mass is 79.9. The number of benzene rings is 1. The van der Waals surface area contributed by atoms with Gasteiger partial charge in [-0.05, 0) is 24.6 Å². The molecule has 104 valence electrons. The largest absolute Gasteiger partial charge is 0.478 e. The molecule has 0 saturated heterocycles. The van der Waals surface area contributed by atoms with E-state index in [2.05, 4.69) is 31.2 Å². The Hall–Kier alpha value is -1.79. The first-order chi connectivity index (χ1) is 9.58. The number of nitrogens with zero attached hydrogens (tertiary/aromatic N) is 2. The van der Waals surface area contributed by atoms with E-state index in [1.165, 1.54) is 12.5 Å². The average Bonchev–Trinajstić information content (AvgIpc) is 2.45. The molecule has 1 unspecified atom stereocenters. The highest BCUT2D eigenvalue weighted by Crippen LogP contribution is 2.18. The topological polar surface area (TPSA) is 75.1 Å². The van der Waals surface area contributed by atoms with Gasteiger partial charge >= 0.3 is 5.97 Å². The van der Waals surface area contributed by atoms with Crippen LogP contribution in [-0.2, 0) is 6.54 Å². The van der Waals surface area contributed by atoms with E-state index in [-0.39, 0.29) is 11.6 Å². The Bertz CT molecular complexity index is 619. The number of rotatable bonds is 5. The first kappa shape index (κ1) is 14.6. The third-order valence-corrected chi connectivity index (χ3v) is 3.44. The lowest BCUT2D eigenvalue weighted by molar-refractivity contribution is 0.0694. The fourth-order valence-electron chi connectivity index (χ4n) is 1.82. The van der Waals surface area contributed by atoms with Crippen molar-refractivity contribution in [3.05, 3.63) is 58.1 Å². The number of halogens is 1. The molecule has 5 nitrogen and oxygen atoms in total. The summed E-state index contributed by atoms with van der Waals surface area (Å²) in [5, 5.41) is 12.3. The smallest absolute Gasteiger partial charge is 0.339 e. The maximum Gasteiger partial charge on any atom is 0.339 e. The molecule has 6 heteroatoms. The molecular weight excluding hydrogens is 322 g/mol. The zero-order valence-electron chi connectivity index (χ0n) is 10.9. The number of aromatic nitrogens is 2. The third-order valence-electron chi connectivity index (χ3n) is 2.95. The number of hydrogen-bond donors (Lipinski definition) is 2. The van der Waals surface area contributed by atoms with Gasteiger partial charge in [0.05, 0.1) is 5.69 Å². The molecule has 0 bridgehead atoms. The number of carboxylic acids is 1. The van der Waals surface area contributed by atoms with Gasteiger partial charge in [0, 0.05) is 23.3 Å². The summed E-state index contributed by atoms with van der Waals surface area (Å²) in [6.45, 7) is 2.39. The van der Waals surface area contributed by atoms with Gasteiger partial charge in [0.15, 0.2) is 0 Å². The first-order valence-corrected chi connectivity index (χ1v) is 6.88. The average molecular weight is 336 g/mol. The minimum atomic E-state index is -1.02. The Labute approximate surface area is 125 Å². The second-order valence-corrected chi connectivity index (χ2v) is 5.26. The Morgan fingerprint density at radius 2 is 2.30 bits per heavy atom. The van der Waals surface area contributed by atoms with Crippen molar-refractivity contribution in [1.29, 1.82) is 0 Å². The van der Waals surface area contributed by atoms with Gasteiger partial charge in [-0.2, -0.15) is 0 Å². The van der Waals surface area contributed by atoms with Crippen LogP contribution in [0.1, 0.15) is 34.6 Å². The standard InChI is InChI=1S/C14H14BrN3O2/c1-9(10-3-2-4-11(15)5-10)17-7-13-12(14(19)20)6-16-8-18-13/h2-6,8-9,17H,7H2,1H3,(H,19,20). The van der Waals surface area contributed by atoms with Gasteiger partial charge in [-0.15, -0.1) is 0 Å². The van der Waals surface area contributed by atoms with Crippen molar-refractivity contribution >= 4 is 21.9 Å². The van der Waals surface area contributed by atoms with Crippen molar-refractivity contribution in [3.63, 3.8) is 0 Å². The fourth-order valence-corrected chi connectivity index (χ4v) is 2.23. The van der Waals surface area contributed by atoms with E-state index in [4.69, 9.17) is 5.11 Å². The lowest BCUT2D eigenvalue weighted by atomic mass is 10.1. The van der Waals surface area contributed by atoms with Crippen LogP contribution in [0.25, 0.3) is 0 Å². The molecule has 2 rings (SSSR count). The minimum Gasteiger partial charge on any atom is -0.478 e. The second-order valence-electron chi connectivity index (χ2n) is 4.35. The van der Waals surface area contributed by atoms with Gasteiger partial charge in [-0.1, -0.05) is 28.1 Å². The van der Waals surface area contributed by atoms with Gasteiger partial charge in [-0.3, -0.25) is 0 Å². The molecule has 2 N–H and O–H groups in total. The molecule has 1 aromatic heterocycles. The van der Waals surface area contributed by atoms with Crippen LogP contribution in [0.15, 0.2) is 41.3 Å². The number of carboxylic acid groups (broad SMARTS) is 1. The number of nitrogens with one attached hydrogen (secondary N) is 1. The normalized spacial score (nSPS) is 12.1. The summed E-state index contributed by atoms with van der Waals surface area (Å²) in [7, 11) is 0. The molecule has 0 fully saturated rings. The predicted octanol–water partition coefficient (Wildman–Crippen LogP) is 2.79. The van der Waals surface area contributed by atoms with E-state index >= 15 is 0 Å². The van der Waals surface area contributed by atoms with E-state index in [0.29, 0.717) is 12.2 Å². The van der Waals surface area contributed by atoms with Crippen LogP contribution < -0.4 is 5.32 Å². The summed E-state index contributed by atoms with van der Waals surface area (Å²) in [4.78, 5) is 18.8. The third kappa shape index (κ3) is 3.61. The van der Waals surface area contributed by atoms with Crippen molar-refractivity contribution in [1.82, 2.24) is 15.3 Å². The van der Waals surface area contributed by atoms with Crippen LogP contribution in [0.5, 0.6) is 0 Å². The van der Waals surface area contributed by atoms with Gasteiger partial charge in [0.1, 0.15) is 11.9 Å². The van der Waals surface area contributed by atoms with E-state index < -0.39 is 5.97 Å². The van der Waals surface area contributed by atoms with E-state index in [1.807, 2.05) is 31.2 Å². The summed E-state index contributed by atoms with van der Waals surface area (Å²) in [5.74, 6) is -1.02. The lowest BCUT2D eigenvalue weighted by Gasteiger charge is -2.15. The number of aromatic carboxylic acids is 1. The molecule has 2 aromatic rings. The van der Waals surface area contributed by atoms with Crippen LogP contribution in [0.3, 0.4) is 0 Å². The molecule has 0 aliphatic rings. The second kappa shape index (κ2) is 6.58. The molecule has 20 heavy (non-hydrogen) atoms. The minimum absolute atomic E-state index is 0.0871. The van der Waals surface area contributed by atoms with Crippen LogP contribution in [-0.4, -0.2) is 21.0 Å². The quantitative estimate of drug-likeness (QED) is 0.878. The van der Waals surface area contributed by atoms with Crippen LogP contribution in [0, 0.1) is 0 Å². The van der Waals surface area contributed by atoms with Crippen molar-refractivity contribution in [2.45, 2.75) is 19.5 Å². The highest BCUT2D eigenvalue weighted by molar-refractivity contribution is 9.10. The molecule has 0 aliphatic carbocycles. The summed E-state index contributed by atoms with van der Waals surface area (Å²) in [6.07, 6.45) is 2.67. The van der Waals surface area contributed by atoms with Crippen LogP contribution >= 0.6 is 15.9 Å². The zero-order chi connectivity index (χ0) is 14.5. The Morgan fingerprint density at radius 1 is 1.50 bits per heavy atom. The van der Waals surface area contributed by atoms with Gasteiger partial charge in [0.25, 0.3) is 0 Å². The maximum absolute atomic E-state index is 11.1. The summed E-state index contributed by atoms with van der Waals surface area (Å²) < 4.78 is 1.01. The van der Waals surface area contributed by atoms with Crippen molar-refractivity contribution in [2.24, 2.45) is 0 Å². The molecule has 0 spiro atoms. The van der Waals surface area contributed by atoms with Crippen molar-refractivity contribution < 1.29 is 9.90 Å². The van der Waals surface area contributed by atoms with Crippen LogP contribution in [0.4, 0.5) is 0 Å². The maximum atomic E-state index is 11.1. The van der Waals surface area contributed by atoms with Gasteiger partial charge < -0.3 is 10.4 Å². The zero-order valence-corrected chi connectivity index (χ0v) is 12.5. The number of carbonyl (C=O) groups is 1. The molecular formula is C14H14BrN3O2. The SMILES string of the molecule is CC(NCc1ncncc1C(=O)O)c1cccc(Br)c1. The van der Waals surface area contributed by atoms with Gasteiger partial charge in [-0.25, -0.2) is 14.8 Å². The Morgan fingerprint density at radius 3 is 3.00 bits per heavy atom. The monoisotopic (exact) mass is 335 g/mol. The molecule has 1 aromatic carbocycles. The first-order valence-electron chi connectivity index (χ1n) is 6.09. The molecule has 0 aliphatic heterocycles. The highest BCUT2D eigenvalue weighted by Gasteiger charge is 2.12. The predicted molar refractivity (Wildman–Crippen MR) is 78.4 cm³/mol. The molecule has 1 atom stereocenters. The lowest BCUT2D eigenvalue weighted by Crippen LogP contribution is -2.20. The van der Waals surface area contributed by atoms with Crippen LogP contribution in [0.2, 0.25) is 0 Å². The summed E-state index contributed by atoms with van der Waals surface area (Å²) in [6, 6.07) is 8.05. The molecule has 0 saturated carbocycles. The van der Waals surface area contributed by atoms with Crippen molar-refractivity contribution in [3.8, 4) is 0 Å². The molecule has 1 heterocycles. The van der Waals surface area contributed by atoms with E-state index in [0.717, 1.165) is 10.0 Å². The fraction of sp³-hybridized carbons (Fsp3) is 0.214. The Kier molecular flexibility index (Phi) is 4.81. The van der Waals surface area contributed by atoms with E-state index in [1.54, 1.807) is 0 Å². The van der Waals surface area contributed by atoms with Gasteiger partial charge in [0.2, 0.25) is 0 Å². The summed E-state index contributed by atoms with van der Waals surface area (Å²) in [5.41, 5.74) is 1.72. The molecule has 0 radical (unpaired) electrons. The van der Waals surface area contributed by atoms with E-state index in [9.17, 15) is 4.79 Å². The summed E-state index contributed by atoms with van der Waals surface area (Å²) >= 11 is 3.43.